The number of esters is 1. The predicted molar refractivity (Wildman–Crippen MR) is 86.7 cm³/mol. The average Bonchev–Trinajstić information content (AvgIpc) is 2.91. The molecule has 0 bridgehead atoms. The first-order valence-corrected chi connectivity index (χ1v) is 8.00. The highest BCUT2D eigenvalue weighted by molar-refractivity contribution is 6.30. The summed E-state index contributed by atoms with van der Waals surface area (Å²) in [5.41, 5.74) is 0.867. The van der Waals surface area contributed by atoms with E-state index in [1.807, 2.05) is 29.2 Å². The number of carbonyl (C=O) groups excluding carboxylic acids is 1. The summed E-state index contributed by atoms with van der Waals surface area (Å²) < 4.78 is 6.79. The van der Waals surface area contributed by atoms with Crippen LogP contribution >= 0.6 is 11.6 Å². The second-order valence-electron chi connectivity index (χ2n) is 5.86. The normalized spacial score (nSPS) is 15.9. The molecule has 3 rings (SSSR count). The van der Waals surface area contributed by atoms with Gasteiger partial charge >= 0.3 is 5.97 Å². The van der Waals surface area contributed by atoms with E-state index in [4.69, 9.17) is 16.3 Å². The summed E-state index contributed by atoms with van der Waals surface area (Å²) in [7, 11) is 0. The summed E-state index contributed by atoms with van der Waals surface area (Å²) in [5.74, 6) is 1.60. The molecule has 0 spiro atoms. The average molecular weight is 335 g/mol. The Kier molecular flexibility index (Phi) is 4.63. The number of nitrogens with zero attached hydrogens (tertiary/aromatic N) is 4. The molecular formula is C16H19ClN4O2. The number of carbonyl (C=O) groups is 1. The highest BCUT2D eigenvalue weighted by Crippen LogP contribution is 2.19. The van der Waals surface area contributed by atoms with E-state index in [-0.39, 0.29) is 18.4 Å². The van der Waals surface area contributed by atoms with Gasteiger partial charge in [0.25, 0.3) is 0 Å². The molecule has 0 amide bonds. The van der Waals surface area contributed by atoms with Gasteiger partial charge < -0.3 is 4.74 Å². The summed E-state index contributed by atoms with van der Waals surface area (Å²) in [4.78, 5) is 18.1. The van der Waals surface area contributed by atoms with E-state index in [2.05, 4.69) is 23.9 Å². The molecule has 23 heavy (non-hydrogen) atoms. The third-order valence-electron chi connectivity index (χ3n) is 3.65. The van der Waals surface area contributed by atoms with Crippen molar-refractivity contribution in [1.29, 1.82) is 0 Å². The Morgan fingerprint density at radius 1 is 1.39 bits per heavy atom. The van der Waals surface area contributed by atoms with E-state index in [0.29, 0.717) is 24.7 Å². The molecular weight excluding hydrogens is 316 g/mol. The van der Waals surface area contributed by atoms with Gasteiger partial charge in [-0.3, -0.25) is 9.69 Å². The fourth-order valence-electron chi connectivity index (χ4n) is 2.45. The number of halogens is 1. The molecule has 6 nitrogen and oxygen atoms in total. The highest BCUT2D eigenvalue weighted by atomic mass is 35.5. The summed E-state index contributed by atoms with van der Waals surface area (Å²) in [6.07, 6.45) is 0. The zero-order valence-corrected chi connectivity index (χ0v) is 14.0. The van der Waals surface area contributed by atoms with Crippen molar-refractivity contribution in [1.82, 2.24) is 19.7 Å². The lowest BCUT2D eigenvalue weighted by Crippen LogP contribution is -2.39. The number of benzene rings is 1. The Bertz CT molecular complexity index is 714. The third kappa shape index (κ3) is 3.71. The van der Waals surface area contributed by atoms with Crippen molar-refractivity contribution in [3.63, 3.8) is 0 Å². The van der Waals surface area contributed by atoms with Crippen LogP contribution in [0.25, 0.3) is 5.69 Å². The minimum Gasteiger partial charge on any atom is -0.463 e. The number of ether oxygens (including phenoxy) is 1. The maximum absolute atomic E-state index is 11.5. The van der Waals surface area contributed by atoms with Crippen LogP contribution in [0.1, 0.15) is 31.4 Å². The Labute approximate surface area is 140 Å². The summed E-state index contributed by atoms with van der Waals surface area (Å²) in [6.45, 7) is 6.05. The first-order valence-electron chi connectivity index (χ1n) is 7.62. The second-order valence-corrected chi connectivity index (χ2v) is 6.30. The molecule has 1 aliphatic rings. The second kappa shape index (κ2) is 6.68. The summed E-state index contributed by atoms with van der Waals surface area (Å²) in [5, 5.41) is 5.26. The SMILES string of the molecule is CC(C)c1nc(CN2CCOC(=O)C2)n(-c2cccc(Cl)c2)n1. The van der Waals surface area contributed by atoms with Gasteiger partial charge in [-0.1, -0.05) is 31.5 Å². The van der Waals surface area contributed by atoms with Crippen molar-refractivity contribution >= 4 is 17.6 Å². The van der Waals surface area contributed by atoms with E-state index < -0.39 is 0 Å². The van der Waals surface area contributed by atoms with Crippen molar-refractivity contribution in [2.24, 2.45) is 0 Å². The maximum Gasteiger partial charge on any atom is 0.320 e. The van der Waals surface area contributed by atoms with Crippen LogP contribution in [0, 0.1) is 0 Å². The lowest BCUT2D eigenvalue weighted by atomic mass is 10.2. The largest absolute Gasteiger partial charge is 0.463 e. The molecule has 122 valence electrons. The van der Waals surface area contributed by atoms with Crippen LogP contribution in [0.2, 0.25) is 5.02 Å². The van der Waals surface area contributed by atoms with Gasteiger partial charge in [0.1, 0.15) is 12.4 Å². The van der Waals surface area contributed by atoms with E-state index in [9.17, 15) is 4.79 Å². The van der Waals surface area contributed by atoms with Crippen LogP contribution in [-0.4, -0.2) is 45.3 Å². The van der Waals surface area contributed by atoms with Crippen molar-refractivity contribution in [2.45, 2.75) is 26.3 Å². The van der Waals surface area contributed by atoms with E-state index >= 15 is 0 Å². The zero-order chi connectivity index (χ0) is 16.4. The van der Waals surface area contributed by atoms with Crippen molar-refractivity contribution in [3.8, 4) is 5.69 Å². The van der Waals surface area contributed by atoms with E-state index in [0.717, 1.165) is 17.3 Å². The van der Waals surface area contributed by atoms with Crippen LogP contribution in [0.4, 0.5) is 0 Å². The smallest absolute Gasteiger partial charge is 0.320 e. The molecule has 2 aromatic rings. The molecule has 1 fully saturated rings. The molecule has 1 aromatic heterocycles. The number of aromatic nitrogens is 3. The van der Waals surface area contributed by atoms with Crippen molar-refractivity contribution in [3.05, 3.63) is 40.9 Å². The fraction of sp³-hybridized carbons (Fsp3) is 0.438. The van der Waals surface area contributed by atoms with Crippen molar-refractivity contribution < 1.29 is 9.53 Å². The molecule has 0 atom stereocenters. The Balaban J connectivity index is 1.93. The minimum absolute atomic E-state index is 0.200. The van der Waals surface area contributed by atoms with Gasteiger partial charge in [0, 0.05) is 17.5 Å². The first kappa shape index (κ1) is 16.0. The van der Waals surface area contributed by atoms with Gasteiger partial charge in [-0.15, -0.1) is 0 Å². The van der Waals surface area contributed by atoms with Gasteiger partial charge in [-0.05, 0) is 18.2 Å². The third-order valence-corrected chi connectivity index (χ3v) is 3.88. The number of cyclic esters (lactones) is 1. The fourth-order valence-corrected chi connectivity index (χ4v) is 2.64. The van der Waals surface area contributed by atoms with Crippen LogP contribution < -0.4 is 0 Å². The summed E-state index contributed by atoms with van der Waals surface area (Å²) in [6, 6.07) is 7.51. The van der Waals surface area contributed by atoms with Crippen LogP contribution in [0.3, 0.4) is 0 Å². The van der Waals surface area contributed by atoms with Crippen LogP contribution in [0.15, 0.2) is 24.3 Å². The predicted octanol–water partition coefficient (Wildman–Crippen LogP) is 2.40. The van der Waals surface area contributed by atoms with E-state index in [1.165, 1.54) is 0 Å². The van der Waals surface area contributed by atoms with Crippen molar-refractivity contribution in [2.75, 3.05) is 19.7 Å². The molecule has 7 heteroatoms. The molecule has 2 heterocycles. The Morgan fingerprint density at radius 2 is 2.22 bits per heavy atom. The molecule has 0 unspecified atom stereocenters. The standard InChI is InChI=1S/C16H19ClN4O2/c1-11(2)16-18-14(9-20-6-7-23-15(22)10-20)21(19-16)13-5-3-4-12(17)8-13/h3-5,8,11H,6-7,9-10H2,1-2H3. The number of hydrogen-bond acceptors (Lipinski definition) is 5. The maximum atomic E-state index is 11.5. The van der Waals surface area contributed by atoms with Crippen LogP contribution in [0.5, 0.6) is 0 Å². The monoisotopic (exact) mass is 334 g/mol. The van der Waals surface area contributed by atoms with Gasteiger partial charge in [0.05, 0.1) is 18.8 Å². The lowest BCUT2D eigenvalue weighted by molar-refractivity contribution is -0.150. The quantitative estimate of drug-likeness (QED) is 0.803. The first-order chi connectivity index (χ1) is 11.0. The minimum atomic E-state index is -0.200. The van der Waals surface area contributed by atoms with Crippen LogP contribution in [-0.2, 0) is 16.1 Å². The number of rotatable bonds is 4. The molecule has 1 aromatic carbocycles. The molecule has 0 radical (unpaired) electrons. The summed E-state index contributed by atoms with van der Waals surface area (Å²) >= 11 is 6.09. The number of morpholine rings is 1. The van der Waals surface area contributed by atoms with Gasteiger partial charge in [-0.2, -0.15) is 5.10 Å². The molecule has 0 aliphatic carbocycles. The molecule has 1 aliphatic heterocycles. The number of hydrogen-bond donors (Lipinski definition) is 0. The highest BCUT2D eigenvalue weighted by Gasteiger charge is 2.22. The molecule has 0 saturated carbocycles. The lowest BCUT2D eigenvalue weighted by Gasteiger charge is -2.25. The van der Waals surface area contributed by atoms with Gasteiger partial charge in [0.15, 0.2) is 5.82 Å². The topological polar surface area (TPSA) is 60.3 Å². The molecule has 1 saturated heterocycles. The Hall–Kier alpha value is -1.92. The molecule has 0 N–H and O–H groups in total. The zero-order valence-electron chi connectivity index (χ0n) is 13.2. The van der Waals surface area contributed by atoms with E-state index in [1.54, 1.807) is 4.68 Å². The van der Waals surface area contributed by atoms with Gasteiger partial charge in [0.2, 0.25) is 0 Å². The Morgan fingerprint density at radius 3 is 2.91 bits per heavy atom. The van der Waals surface area contributed by atoms with Gasteiger partial charge in [-0.25, -0.2) is 9.67 Å².